The Balaban J connectivity index is 1.45. The van der Waals surface area contributed by atoms with Crippen LogP contribution in [-0.4, -0.2) is 14.6 Å². The van der Waals surface area contributed by atoms with Gasteiger partial charge in [0, 0.05) is 71.0 Å². The lowest BCUT2D eigenvalue weighted by Gasteiger charge is -2.21. The molecule has 0 aliphatic rings. The first-order valence-electron chi connectivity index (χ1n) is 15.3. The molecule has 0 unspecified atom stereocenters. The highest BCUT2D eigenvalue weighted by molar-refractivity contribution is 7.22. The summed E-state index contributed by atoms with van der Waals surface area (Å²) in [6.45, 7) is 0. The van der Waals surface area contributed by atoms with E-state index in [-0.39, 0.29) is 0 Å². The lowest BCUT2D eigenvalue weighted by Crippen LogP contribution is -1.97. The van der Waals surface area contributed by atoms with Gasteiger partial charge in [-0.3, -0.25) is 0 Å². The highest BCUT2D eigenvalue weighted by Gasteiger charge is 2.30. The predicted octanol–water partition coefficient (Wildman–Crippen LogP) is 12.1. The van der Waals surface area contributed by atoms with Gasteiger partial charge in [-0.15, -0.1) is 16.4 Å². The molecule has 7 heteroatoms. The van der Waals surface area contributed by atoms with Crippen LogP contribution in [0.3, 0.4) is 0 Å². The SMILES string of the molecule is c1c[nH]c(-c2cc(-c3cc4ccccc4s3)c(-c3occ4ccccc34)c(-c3cc4ccccc4o3)c2-c2cccc3snnc23)c1. The van der Waals surface area contributed by atoms with Crippen molar-refractivity contribution in [2.45, 2.75) is 0 Å². The van der Waals surface area contributed by atoms with Crippen molar-refractivity contribution in [1.82, 2.24) is 14.6 Å². The molecule has 47 heavy (non-hydrogen) atoms. The number of furan rings is 2. The summed E-state index contributed by atoms with van der Waals surface area (Å²) < 4.78 is 20.0. The Hall–Kier alpha value is -5.76. The normalized spacial score (nSPS) is 11.8. The van der Waals surface area contributed by atoms with Crippen molar-refractivity contribution in [2.24, 2.45) is 0 Å². The quantitative estimate of drug-likeness (QED) is 0.203. The monoisotopic (exact) mass is 641 g/mol. The number of H-pyrrole nitrogens is 1. The number of hydrogen-bond acceptors (Lipinski definition) is 6. The van der Waals surface area contributed by atoms with Gasteiger partial charge in [-0.05, 0) is 65.4 Å². The van der Waals surface area contributed by atoms with Gasteiger partial charge in [0.15, 0.2) is 0 Å². The molecule has 5 aromatic heterocycles. The maximum Gasteiger partial charge on any atom is 0.143 e. The molecule has 0 radical (unpaired) electrons. The molecular formula is C40H23N3O2S2. The van der Waals surface area contributed by atoms with E-state index in [2.05, 4.69) is 106 Å². The summed E-state index contributed by atoms with van der Waals surface area (Å²) in [5.74, 6) is 1.55. The van der Waals surface area contributed by atoms with E-state index in [9.17, 15) is 0 Å². The fraction of sp³-hybridized carbons (Fsp3) is 0. The molecule has 0 fully saturated rings. The molecule has 0 spiro atoms. The van der Waals surface area contributed by atoms with Gasteiger partial charge >= 0.3 is 0 Å². The predicted molar refractivity (Wildman–Crippen MR) is 194 cm³/mol. The Kier molecular flexibility index (Phi) is 5.85. The van der Waals surface area contributed by atoms with Crippen LogP contribution >= 0.6 is 22.9 Å². The van der Waals surface area contributed by atoms with Crippen LogP contribution < -0.4 is 0 Å². The van der Waals surface area contributed by atoms with E-state index in [1.807, 2.05) is 42.8 Å². The molecule has 0 saturated carbocycles. The topological polar surface area (TPSA) is 67.8 Å². The number of aromatic nitrogens is 3. The largest absolute Gasteiger partial charge is 0.463 e. The highest BCUT2D eigenvalue weighted by Crippen LogP contribution is 2.54. The standard InChI is InChI=1S/C40H23N3O2S2/c1-4-12-26-25(11-1)22-44-40(26)37-29(35-20-24-10-3-6-16-33(24)46-35)21-28(30-14-8-18-41-30)36(27-13-7-17-34-39(27)42-43-47-34)38(37)32-19-23-9-2-5-15-31(23)45-32/h1-22,41H. The number of nitrogens with one attached hydrogen (secondary N) is 1. The molecule has 1 N–H and O–H groups in total. The van der Waals surface area contributed by atoms with Crippen LogP contribution in [0.4, 0.5) is 0 Å². The van der Waals surface area contributed by atoms with Gasteiger partial charge in [-0.2, -0.15) is 0 Å². The Morgan fingerprint density at radius 1 is 0.617 bits per heavy atom. The molecule has 0 bridgehead atoms. The molecule has 10 aromatic rings. The van der Waals surface area contributed by atoms with Crippen molar-refractivity contribution in [2.75, 3.05) is 0 Å². The van der Waals surface area contributed by atoms with Crippen molar-refractivity contribution in [3.63, 3.8) is 0 Å². The number of hydrogen-bond donors (Lipinski definition) is 1. The zero-order valence-corrected chi connectivity index (χ0v) is 26.4. The van der Waals surface area contributed by atoms with E-state index in [0.29, 0.717) is 0 Å². The lowest BCUT2D eigenvalue weighted by atomic mass is 9.83. The zero-order chi connectivity index (χ0) is 30.9. The fourth-order valence-electron chi connectivity index (χ4n) is 6.76. The number of aromatic amines is 1. The Morgan fingerprint density at radius 2 is 1.45 bits per heavy atom. The van der Waals surface area contributed by atoms with E-state index in [4.69, 9.17) is 8.83 Å². The molecule has 0 amide bonds. The van der Waals surface area contributed by atoms with Gasteiger partial charge in [-0.1, -0.05) is 77.3 Å². The molecule has 0 saturated heterocycles. The minimum Gasteiger partial charge on any atom is -0.463 e. The third-order valence-electron chi connectivity index (χ3n) is 8.86. The summed E-state index contributed by atoms with van der Waals surface area (Å²) in [7, 11) is 0. The lowest BCUT2D eigenvalue weighted by molar-refractivity contribution is 0.586. The Labute approximate surface area is 276 Å². The van der Waals surface area contributed by atoms with Gasteiger partial charge in [-0.25, -0.2) is 0 Å². The molecule has 0 atom stereocenters. The number of rotatable bonds is 5. The van der Waals surface area contributed by atoms with Crippen molar-refractivity contribution in [3.05, 3.63) is 134 Å². The van der Waals surface area contributed by atoms with E-state index in [1.165, 1.54) is 21.6 Å². The number of fused-ring (bicyclic) bond motifs is 4. The average molecular weight is 642 g/mol. The maximum atomic E-state index is 6.80. The van der Waals surface area contributed by atoms with Crippen molar-refractivity contribution < 1.29 is 8.83 Å². The Bertz CT molecular complexity index is 2700. The summed E-state index contributed by atoms with van der Waals surface area (Å²) in [5.41, 5.74) is 8.69. The third-order valence-corrected chi connectivity index (χ3v) is 10.7. The number of benzene rings is 5. The summed E-state index contributed by atoms with van der Waals surface area (Å²) in [6.07, 6.45) is 3.82. The van der Waals surface area contributed by atoms with Crippen LogP contribution in [0.25, 0.3) is 97.5 Å². The van der Waals surface area contributed by atoms with Crippen LogP contribution in [0, 0.1) is 0 Å². The van der Waals surface area contributed by atoms with Gasteiger partial charge in [0.1, 0.15) is 22.6 Å². The van der Waals surface area contributed by atoms with Crippen LogP contribution in [-0.2, 0) is 0 Å². The van der Waals surface area contributed by atoms with E-state index in [1.54, 1.807) is 11.3 Å². The summed E-state index contributed by atoms with van der Waals surface area (Å²) in [6, 6.07) is 42.3. The second-order valence-corrected chi connectivity index (χ2v) is 13.4. The molecule has 5 nitrogen and oxygen atoms in total. The molecular weight excluding hydrogens is 619 g/mol. The van der Waals surface area contributed by atoms with E-state index >= 15 is 0 Å². The van der Waals surface area contributed by atoms with Crippen molar-refractivity contribution in [3.8, 4) is 55.5 Å². The first kappa shape index (κ1) is 26.5. The van der Waals surface area contributed by atoms with Crippen LogP contribution in [0.2, 0.25) is 0 Å². The fourth-order valence-corrected chi connectivity index (χ4v) is 8.43. The summed E-state index contributed by atoms with van der Waals surface area (Å²) in [4.78, 5) is 4.66. The summed E-state index contributed by atoms with van der Waals surface area (Å²) >= 11 is 3.19. The van der Waals surface area contributed by atoms with Gasteiger partial charge in [0.05, 0.1) is 11.0 Å². The van der Waals surface area contributed by atoms with Crippen molar-refractivity contribution in [1.29, 1.82) is 0 Å². The molecule has 0 aliphatic carbocycles. The summed E-state index contributed by atoms with van der Waals surface area (Å²) in [5, 5.41) is 8.98. The first-order chi connectivity index (χ1) is 23.3. The second kappa shape index (κ2) is 10.4. The highest BCUT2D eigenvalue weighted by atomic mass is 32.1. The molecule has 5 heterocycles. The first-order valence-corrected chi connectivity index (χ1v) is 16.9. The number of nitrogens with zero attached hydrogens (tertiary/aromatic N) is 2. The molecule has 0 aliphatic heterocycles. The van der Waals surface area contributed by atoms with Gasteiger partial charge in [0.25, 0.3) is 0 Å². The van der Waals surface area contributed by atoms with E-state index in [0.717, 1.165) is 87.4 Å². The second-order valence-electron chi connectivity index (χ2n) is 11.6. The van der Waals surface area contributed by atoms with E-state index < -0.39 is 0 Å². The molecule has 222 valence electrons. The van der Waals surface area contributed by atoms with Crippen LogP contribution in [0.1, 0.15) is 0 Å². The van der Waals surface area contributed by atoms with Gasteiger partial charge in [0.2, 0.25) is 0 Å². The van der Waals surface area contributed by atoms with Crippen LogP contribution in [0.5, 0.6) is 0 Å². The number of para-hydroxylation sites is 1. The minimum absolute atomic E-state index is 0.757. The smallest absolute Gasteiger partial charge is 0.143 e. The number of thiophene rings is 1. The van der Waals surface area contributed by atoms with Gasteiger partial charge < -0.3 is 13.8 Å². The Morgan fingerprint density at radius 3 is 2.32 bits per heavy atom. The average Bonchev–Trinajstić information content (AvgIpc) is 3.96. The minimum atomic E-state index is 0.757. The van der Waals surface area contributed by atoms with Crippen LogP contribution in [0.15, 0.2) is 143 Å². The van der Waals surface area contributed by atoms with Crippen molar-refractivity contribution >= 4 is 64.9 Å². The zero-order valence-electron chi connectivity index (χ0n) is 24.7. The molecule has 5 aromatic carbocycles. The third kappa shape index (κ3) is 4.14. The molecule has 10 rings (SSSR count). The maximum absolute atomic E-state index is 6.80.